The molecule has 1 aliphatic rings. The van der Waals surface area contributed by atoms with Crippen LogP contribution < -0.4 is 0 Å². The maximum Gasteiger partial charge on any atom is 0.303 e. The van der Waals surface area contributed by atoms with Gasteiger partial charge in [0, 0.05) is 11.8 Å². The Kier molecular flexibility index (Phi) is 10.3. The summed E-state index contributed by atoms with van der Waals surface area (Å²) >= 11 is 0. The second kappa shape index (κ2) is 14.3. The van der Waals surface area contributed by atoms with Gasteiger partial charge in [-0.3, -0.25) is 4.79 Å². The summed E-state index contributed by atoms with van der Waals surface area (Å²) in [5.74, 6) is -0.550. The molecule has 4 rings (SSSR count). The second-order valence-electron chi connectivity index (χ2n) is 8.87. The molecular weight excluding hydrogens is 486 g/mol. The zero-order chi connectivity index (χ0) is 26.6. The molecule has 3 aromatic rings. The van der Waals surface area contributed by atoms with E-state index in [2.05, 4.69) is 10.0 Å². The van der Waals surface area contributed by atoms with Gasteiger partial charge in [-0.25, -0.2) is 0 Å². The van der Waals surface area contributed by atoms with Crippen LogP contribution in [0, 0.1) is 0 Å². The van der Waals surface area contributed by atoms with Crippen LogP contribution in [-0.4, -0.2) is 43.2 Å². The Morgan fingerprint density at radius 1 is 0.789 bits per heavy atom. The van der Waals surface area contributed by atoms with Crippen LogP contribution in [0.1, 0.15) is 23.6 Å². The Labute approximate surface area is 221 Å². The molecule has 1 saturated heterocycles. The summed E-state index contributed by atoms with van der Waals surface area (Å²) in [4.78, 5) is 15.0. The van der Waals surface area contributed by atoms with Gasteiger partial charge >= 0.3 is 5.97 Å². The largest absolute Gasteiger partial charge is 0.457 e. The zero-order valence-electron chi connectivity index (χ0n) is 21.2. The van der Waals surface area contributed by atoms with Crippen LogP contribution in [-0.2, 0) is 48.3 Å². The van der Waals surface area contributed by atoms with E-state index in [0.29, 0.717) is 6.61 Å². The van der Waals surface area contributed by atoms with Crippen LogP contribution in [0.5, 0.6) is 0 Å². The number of carbonyl (C=O) groups excluding carboxylic acids is 1. The monoisotopic (exact) mass is 517 g/mol. The lowest BCUT2D eigenvalue weighted by atomic mass is 9.97. The SMILES string of the molecule is CC(=O)O[C@H]1[C@@H](OCc2ccccc2)[C@H](OCc2ccccc2)[C@@H](COCc2ccccc2)O[C@@H]1N=[N+]=[N-]. The predicted molar refractivity (Wildman–Crippen MR) is 139 cm³/mol. The predicted octanol–water partition coefficient (Wildman–Crippen LogP) is 5.34. The maximum atomic E-state index is 12.0. The summed E-state index contributed by atoms with van der Waals surface area (Å²) < 4.78 is 30.4. The van der Waals surface area contributed by atoms with Gasteiger partial charge in [0.25, 0.3) is 0 Å². The molecule has 0 aliphatic carbocycles. The molecule has 0 N–H and O–H groups in total. The molecule has 0 radical (unpaired) electrons. The normalized spacial score (nSPS) is 22.8. The van der Waals surface area contributed by atoms with Crippen molar-refractivity contribution in [2.24, 2.45) is 5.11 Å². The molecule has 0 saturated carbocycles. The molecule has 0 amide bonds. The molecule has 1 aliphatic heterocycles. The standard InChI is InChI=1S/C29H31N3O6/c1-21(33)37-28-27(36-19-24-15-9-4-10-16-24)26(35-18-23-13-7-3-8-14-23)25(38-29(28)31-32-30)20-34-17-22-11-5-2-6-12-22/h2-16,25-29H,17-20H2,1H3/t25-,26-,27+,28+,29+/m1/s1. The second-order valence-corrected chi connectivity index (χ2v) is 8.87. The third-order valence-corrected chi connectivity index (χ3v) is 6.04. The number of carbonyl (C=O) groups is 1. The maximum absolute atomic E-state index is 12.0. The summed E-state index contributed by atoms with van der Waals surface area (Å²) in [5.41, 5.74) is 12.1. The minimum atomic E-state index is -1.12. The van der Waals surface area contributed by atoms with Gasteiger partial charge in [-0.15, -0.1) is 0 Å². The number of nitrogens with zero attached hydrogens (tertiary/aromatic N) is 3. The van der Waals surface area contributed by atoms with Gasteiger partial charge in [0.2, 0.25) is 0 Å². The van der Waals surface area contributed by atoms with Gasteiger partial charge in [-0.05, 0) is 22.2 Å². The minimum absolute atomic E-state index is 0.143. The molecular formula is C29H31N3O6. The van der Waals surface area contributed by atoms with Gasteiger partial charge in [-0.1, -0.05) is 96.1 Å². The van der Waals surface area contributed by atoms with Crippen LogP contribution in [0.3, 0.4) is 0 Å². The van der Waals surface area contributed by atoms with Gasteiger partial charge < -0.3 is 23.7 Å². The fourth-order valence-electron chi connectivity index (χ4n) is 4.28. The molecule has 1 heterocycles. The molecule has 9 nitrogen and oxygen atoms in total. The number of rotatable bonds is 12. The lowest BCUT2D eigenvalue weighted by molar-refractivity contribution is -0.264. The Hall–Kier alpha value is -3.72. The third-order valence-electron chi connectivity index (χ3n) is 6.04. The van der Waals surface area contributed by atoms with Gasteiger partial charge in [0.1, 0.15) is 18.3 Å². The number of hydrogen-bond donors (Lipinski definition) is 0. The fraction of sp³-hybridized carbons (Fsp3) is 0.345. The summed E-state index contributed by atoms with van der Waals surface area (Å²) in [7, 11) is 0. The highest BCUT2D eigenvalue weighted by Gasteiger charge is 2.49. The highest BCUT2D eigenvalue weighted by atomic mass is 16.6. The van der Waals surface area contributed by atoms with Crippen LogP contribution in [0.2, 0.25) is 0 Å². The Morgan fingerprint density at radius 2 is 1.29 bits per heavy atom. The van der Waals surface area contributed by atoms with Crippen molar-refractivity contribution in [3.63, 3.8) is 0 Å². The molecule has 3 aromatic carbocycles. The van der Waals surface area contributed by atoms with Gasteiger partial charge in [-0.2, -0.15) is 0 Å². The topological polar surface area (TPSA) is 112 Å². The van der Waals surface area contributed by atoms with E-state index in [1.807, 2.05) is 91.0 Å². The quantitative estimate of drug-likeness (QED) is 0.139. The first-order valence-corrected chi connectivity index (χ1v) is 12.4. The number of benzene rings is 3. The van der Waals surface area contributed by atoms with Crippen LogP contribution in [0.15, 0.2) is 96.1 Å². The van der Waals surface area contributed by atoms with Crippen molar-refractivity contribution in [2.75, 3.05) is 6.61 Å². The lowest BCUT2D eigenvalue weighted by Gasteiger charge is -2.44. The molecule has 0 spiro atoms. The molecule has 0 unspecified atom stereocenters. The van der Waals surface area contributed by atoms with Gasteiger partial charge in [0.05, 0.1) is 26.4 Å². The summed E-state index contributed by atoms with van der Waals surface area (Å²) in [6.45, 7) is 2.30. The number of azide groups is 1. The van der Waals surface area contributed by atoms with Crippen LogP contribution >= 0.6 is 0 Å². The first-order chi connectivity index (χ1) is 18.6. The van der Waals surface area contributed by atoms with Crippen LogP contribution in [0.4, 0.5) is 0 Å². The smallest absolute Gasteiger partial charge is 0.303 e. The molecule has 1 fully saturated rings. The molecule has 0 aromatic heterocycles. The highest BCUT2D eigenvalue weighted by molar-refractivity contribution is 5.66. The lowest BCUT2D eigenvalue weighted by Crippen LogP contribution is -2.61. The molecule has 38 heavy (non-hydrogen) atoms. The van der Waals surface area contributed by atoms with E-state index in [0.717, 1.165) is 16.7 Å². The molecule has 0 bridgehead atoms. The third kappa shape index (κ3) is 7.89. The van der Waals surface area contributed by atoms with E-state index in [1.54, 1.807) is 0 Å². The Morgan fingerprint density at radius 3 is 1.79 bits per heavy atom. The molecule has 9 heteroatoms. The van der Waals surface area contributed by atoms with E-state index in [-0.39, 0.29) is 19.8 Å². The van der Waals surface area contributed by atoms with Crippen LogP contribution in [0.25, 0.3) is 10.4 Å². The molecule has 5 atom stereocenters. The average molecular weight is 518 g/mol. The van der Waals surface area contributed by atoms with Crippen molar-refractivity contribution < 1.29 is 28.5 Å². The van der Waals surface area contributed by atoms with Crippen molar-refractivity contribution in [3.8, 4) is 0 Å². The fourth-order valence-corrected chi connectivity index (χ4v) is 4.28. The summed E-state index contributed by atoms with van der Waals surface area (Å²) in [6.07, 6.45) is -4.28. The minimum Gasteiger partial charge on any atom is -0.457 e. The van der Waals surface area contributed by atoms with E-state index in [9.17, 15) is 10.3 Å². The van der Waals surface area contributed by atoms with Crippen molar-refractivity contribution in [1.82, 2.24) is 0 Å². The molecule has 198 valence electrons. The average Bonchev–Trinajstić information content (AvgIpc) is 2.94. The number of esters is 1. The van der Waals surface area contributed by atoms with Crippen molar-refractivity contribution in [1.29, 1.82) is 0 Å². The van der Waals surface area contributed by atoms with Crippen molar-refractivity contribution in [2.45, 2.75) is 57.4 Å². The number of hydrogen-bond acceptors (Lipinski definition) is 7. The van der Waals surface area contributed by atoms with Crippen molar-refractivity contribution >= 4 is 5.97 Å². The van der Waals surface area contributed by atoms with E-state index in [1.165, 1.54) is 6.92 Å². The zero-order valence-corrected chi connectivity index (χ0v) is 21.2. The van der Waals surface area contributed by atoms with E-state index in [4.69, 9.17) is 23.7 Å². The Balaban J connectivity index is 1.59. The Bertz CT molecular complexity index is 1170. The van der Waals surface area contributed by atoms with E-state index < -0.39 is 36.6 Å². The summed E-state index contributed by atoms with van der Waals surface area (Å²) in [6, 6.07) is 29.1. The summed E-state index contributed by atoms with van der Waals surface area (Å²) in [5, 5.41) is 3.78. The first-order valence-electron chi connectivity index (χ1n) is 12.4. The van der Waals surface area contributed by atoms with Crippen molar-refractivity contribution in [3.05, 3.63) is 118 Å². The first kappa shape index (κ1) is 27.3. The van der Waals surface area contributed by atoms with E-state index >= 15 is 0 Å². The van der Waals surface area contributed by atoms with Gasteiger partial charge in [0.15, 0.2) is 12.3 Å². The number of ether oxygens (including phenoxy) is 5. The highest BCUT2D eigenvalue weighted by Crippen LogP contribution is 2.31.